The fourth-order valence-electron chi connectivity index (χ4n) is 1.74. The molecular formula is C14H22FNS. The molecule has 3 heteroatoms. The molecule has 0 spiro atoms. The molecule has 1 nitrogen and oxygen atoms in total. The standard InChI is InChI=1S/C14H22FNS/c1-4-8-16-14(10-17-5-2)12-9-11(3)6-7-13(12)15/h6-7,9,14,16H,4-5,8,10H2,1-3H3. The van der Waals surface area contributed by atoms with Crippen LogP contribution < -0.4 is 5.32 Å². The monoisotopic (exact) mass is 255 g/mol. The van der Waals surface area contributed by atoms with Crippen molar-refractivity contribution in [1.29, 1.82) is 0 Å². The van der Waals surface area contributed by atoms with Gasteiger partial charge in [0.15, 0.2) is 0 Å². The highest BCUT2D eigenvalue weighted by atomic mass is 32.2. The van der Waals surface area contributed by atoms with Gasteiger partial charge in [0.25, 0.3) is 0 Å². The van der Waals surface area contributed by atoms with Crippen molar-refractivity contribution in [2.45, 2.75) is 33.2 Å². The molecule has 1 unspecified atom stereocenters. The van der Waals surface area contributed by atoms with Gasteiger partial charge in [0.1, 0.15) is 5.82 Å². The van der Waals surface area contributed by atoms with Crippen LogP contribution in [0.4, 0.5) is 4.39 Å². The number of halogens is 1. The van der Waals surface area contributed by atoms with Crippen molar-refractivity contribution in [2.24, 2.45) is 0 Å². The minimum Gasteiger partial charge on any atom is -0.309 e. The van der Waals surface area contributed by atoms with Crippen molar-refractivity contribution in [3.63, 3.8) is 0 Å². The first-order chi connectivity index (χ1) is 8.19. The van der Waals surface area contributed by atoms with Crippen LogP contribution >= 0.6 is 11.8 Å². The van der Waals surface area contributed by atoms with Gasteiger partial charge in [-0.3, -0.25) is 0 Å². The third-order valence-electron chi connectivity index (χ3n) is 2.66. The SMILES string of the molecule is CCCNC(CSCC)c1cc(C)ccc1F. The summed E-state index contributed by atoms with van der Waals surface area (Å²) in [5.41, 5.74) is 1.92. The number of aryl methyl sites for hydroxylation is 1. The van der Waals surface area contributed by atoms with E-state index in [-0.39, 0.29) is 11.9 Å². The lowest BCUT2D eigenvalue weighted by molar-refractivity contribution is 0.532. The molecule has 1 N–H and O–H groups in total. The van der Waals surface area contributed by atoms with Crippen LogP contribution in [0.15, 0.2) is 18.2 Å². The van der Waals surface area contributed by atoms with Gasteiger partial charge in [0, 0.05) is 17.4 Å². The Hall–Kier alpha value is -0.540. The highest BCUT2D eigenvalue weighted by molar-refractivity contribution is 7.99. The van der Waals surface area contributed by atoms with Gasteiger partial charge in [-0.1, -0.05) is 31.5 Å². The van der Waals surface area contributed by atoms with Gasteiger partial charge < -0.3 is 5.32 Å². The maximum atomic E-state index is 13.8. The first-order valence-corrected chi connectivity index (χ1v) is 7.41. The van der Waals surface area contributed by atoms with Gasteiger partial charge in [-0.2, -0.15) is 11.8 Å². The summed E-state index contributed by atoms with van der Waals surface area (Å²) in [5, 5.41) is 3.43. The van der Waals surface area contributed by atoms with Crippen LogP contribution in [0.5, 0.6) is 0 Å². The molecule has 1 atom stereocenters. The number of hydrogen-bond donors (Lipinski definition) is 1. The Morgan fingerprint density at radius 3 is 2.76 bits per heavy atom. The summed E-state index contributed by atoms with van der Waals surface area (Å²) < 4.78 is 13.8. The Kier molecular flexibility index (Phi) is 6.60. The van der Waals surface area contributed by atoms with Crippen LogP contribution in [-0.2, 0) is 0 Å². The Morgan fingerprint density at radius 1 is 1.35 bits per heavy atom. The van der Waals surface area contributed by atoms with E-state index in [1.807, 2.05) is 30.8 Å². The lowest BCUT2D eigenvalue weighted by Crippen LogP contribution is -2.25. The van der Waals surface area contributed by atoms with E-state index in [0.29, 0.717) is 0 Å². The third kappa shape index (κ3) is 4.68. The molecular weight excluding hydrogens is 233 g/mol. The van der Waals surface area contributed by atoms with Crippen molar-refractivity contribution in [3.05, 3.63) is 35.1 Å². The molecule has 0 heterocycles. The highest BCUT2D eigenvalue weighted by Gasteiger charge is 2.14. The molecule has 0 aliphatic heterocycles. The Labute approximate surface area is 108 Å². The summed E-state index contributed by atoms with van der Waals surface area (Å²) >= 11 is 1.85. The molecule has 0 bridgehead atoms. The number of rotatable bonds is 7. The second-order valence-corrected chi connectivity index (χ2v) is 5.51. The highest BCUT2D eigenvalue weighted by Crippen LogP contribution is 2.22. The van der Waals surface area contributed by atoms with Crippen LogP contribution in [0, 0.1) is 12.7 Å². The van der Waals surface area contributed by atoms with E-state index in [4.69, 9.17) is 0 Å². The second kappa shape index (κ2) is 7.72. The summed E-state index contributed by atoms with van der Waals surface area (Å²) in [7, 11) is 0. The second-order valence-electron chi connectivity index (χ2n) is 4.19. The Balaban J connectivity index is 2.82. The predicted octanol–water partition coefficient (Wildman–Crippen LogP) is 3.93. The van der Waals surface area contributed by atoms with E-state index in [9.17, 15) is 4.39 Å². The maximum absolute atomic E-state index is 13.8. The largest absolute Gasteiger partial charge is 0.309 e. The van der Waals surface area contributed by atoms with Gasteiger partial charge in [-0.05, 0) is 31.7 Å². The normalized spacial score (nSPS) is 12.7. The Morgan fingerprint density at radius 2 is 2.12 bits per heavy atom. The maximum Gasteiger partial charge on any atom is 0.128 e. The number of nitrogens with one attached hydrogen (secondary N) is 1. The smallest absolute Gasteiger partial charge is 0.128 e. The summed E-state index contributed by atoms with van der Waals surface area (Å²) in [6.07, 6.45) is 1.07. The van der Waals surface area contributed by atoms with E-state index in [1.165, 1.54) is 0 Å². The van der Waals surface area contributed by atoms with Crippen LogP contribution in [0.2, 0.25) is 0 Å². The molecule has 1 aromatic carbocycles. The van der Waals surface area contributed by atoms with Crippen LogP contribution in [0.3, 0.4) is 0 Å². The summed E-state index contributed by atoms with van der Waals surface area (Å²) in [4.78, 5) is 0. The Bertz CT molecular complexity index is 333. The number of benzene rings is 1. The molecule has 0 aliphatic carbocycles. The van der Waals surface area contributed by atoms with Gasteiger partial charge in [0.2, 0.25) is 0 Å². The molecule has 0 fully saturated rings. The van der Waals surface area contributed by atoms with Gasteiger partial charge in [-0.15, -0.1) is 0 Å². The van der Waals surface area contributed by atoms with Crippen molar-refractivity contribution >= 4 is 11.8 Å². The number of thioether (sulfide) groups is 1. The average Bonchev–Trinajstić information content (AvgIpc) is 2.33. The van der Waals surface area contributed by atoms with Crippen LogP contribution in [-0.4, -0.2) is 18.1 Å². The van der Waals surface area contributed by atoms with Crippen LogP contribution in [0.25, 0.3) is 0 Å². The summed E-state index contributed by atoms with van der Waals surface area (Å²) in [5.74, 6) is 1.90. The van der Waals surface area contributed by atoms with Crippen molar-refractivity contribution in [2.75, 3.05) is 18.1 Å². The molecule has 0 aliphatic rings. The molecule has 17 heavy (non-hydrogen) atoms. The summed E-state index contributed by atoms with van der Waals surface area (Å²) in [6, 6.07) is 5.48. The topological polar surface area (TPSA) is 12.0 Å². The first kappa shape index (κ1) is 14.5. The summed E-state index contributed by atoms with van der Waals surface area (Å²) in [6.45, 7) is 7.20. The van der Waals surface area contributed by atoms with E-state index in [0.717, 1.165) is 35.6 Å². The van der Waals surface area contributed by atoms with E-state index in [1.54, 1.807) is 6.07 Å². The first-order valence-electron chi connectivity index (χ1n) is 6.26. The lowest BCUT2D eigenvalue weighted by atomic mass is 10.0. The molecule has 0 aromatic heterocycles. The van der Waals surface area contributed by atoms with E-state index < -0.39 is 0 Å². The molecule has 0 saturated carbocycles. The zero-order valence-electron chi connectivity index (χ0n) is 10.9. The van der Waals surface area contributed by atoms with E-state index in [2.05, 4.69) is 19.2 Å². The zero-order chi connectivity index (χ0) is 12.7. The molecule has 0 saturated heterocycles. The fourth-order valence-corrected chi connectivity index (χ4v) is 2.51. The minimum absolute atomic E-state index is 0.0964. The molecule has 1 aromatic rings. The minimum atomic E-state index is -0.0964. The average molecular weight is 255 g/mol. The van der Waals surface area contributed by atoms with Gasteiger partial charge in [-0.25, -0.2) is 4.39 Å². The molecule has 96 valence electrons. The predicted molar refractivity (Wildman–Crippen MR) is 75.2 cm³/mol. The van der Waals surface area contributed by atoms with Gasteiger partial charge >= 0.3 is 0 Å². The van der Waals surface area contributed by atoms with Crippen molar-refractivity contribution < 1.29 is 4.39 Å². The quantitative estimate of drug-likeness (QED) is 0.792. The zero-order valence-corrected chi connectivity index (χ0v) is 11.7. The molecule has 0 radical (unpaired) electrons. The van der Waals surface area contributed by atoms with Gasteiger partial charge in [0.05, 0.1) is 0 Å². The van der Waals surface area contributed by atoms with E-state index >= 15 is 0 Å². The molecule has 1 rings (SSSR count). The fraction of sp³-hybridized carbons (Fsp3) is 0.571. The molecule has 0 amide bonds. The van der Waals surface area contributed by atoms with Crippen LogP contribution in [0.1, 0.15) is 37.4 Å². The van der Waals surface area contributed by atoms with Crippen molar-refractivity contribution in [3.8, 4) is 0 Å². The lowest BCUT2D eigenvalue weighted by Gasteiger charge is -2.19. The van der Waals surface area contributed by atoms with Crippen molar-refractivity contribution in [1.82, 2.24) is 5.32 Å². The third-order valence-corrected chi connectivity index (χ3v) is 3.63. The number of hydrogen-bond acceptors (Lipinski definition) is 2.